The number of carbonyl (C=O) groups excluding carboxylic acids is 1. The summed E-state index contributed by atoms with van der Waals surface area (Å²) in [6.07, 6.45) is 2.78. The summed E-state index contributed by atoms with van der Waals surface area (Å²) in [5.41, 5.74) is 1.43. The van der Waals surface area contributed by atoms with E-state index in [1.807, 2.05) is 6.92 Å². The predicted octanol–water partition coefficient (Wildman–Crippen LogP) is 3.96. The Labute approximate surface area is 111 Å². The van der Waals surface area contributed by atoms with Gasteiger partial charge in [0.05, 0.1) is 0 Å². The van der Waals surface area contributed by atoms with Gasteiger partial charge >= 0.3 is 5.97 Å². The summed E-state index contributed by atoms with van der Waals surface area (Å²) >= 11 is 0. The minimum atomic E-state index is -0.0753. The molecular weight excluding hydrogens is 224 g/mol. The molecule has 18 heavy (non-hydrogen) atoms. The monoisotopic (exact) mass is 250 g/mol. The molecule has 2 nitrogen and oxygen atoms in total. The van der Waals surface area contributed by atoms with E-state index in [1.165, 1.54) is 6.42 Å². The molecule has 4 atom stereocenters. The molecule has 3 rings (SSSR count). The van der Waals surface area contributed by atoms with Crippen molar-refractivity contribution >= 4 is 5.97 Å². The van der Waals surface area contributed by atoms with E-state index in [1.54, 1.807) is 0 Å². The number of esters is 1. The highest BCUT2D eigenvalue weighted by molar-refractivity contribution is 5.69. The molecule has 0 aromatic heterocycles. The van der Waals surface area contributed by atoms with Crippen LogP contribution >= 0.6 is 0 Å². The van der Waals surface area contributed by atoms with Gasteiger partial charge in [0.1, 0.15) is 6.10 Å². The molecule has 2 heteroatoms. The van der Waals surface area contributed by atoms with Crippen molar-refractivity contribution in [3.8, 4) is 0 Å². The maximum atomic E-state index is 11.7. The lowest BCUT2D eigenvalue weighted by Gasteiger charge is -2.65. The first-order valence-corrected chi connectivity index (χ1v) is 7.09. The molecule has 0 N–H and O–H groups in total. The van der Waals surface area contributed by atoms with Gasteiger partial charge in [-0.3, -0.25) is 4.79 Å². The quantitative estimate of drug-likeness (QED) is 0.560. The van der Waals surface area contributed by atoms with Crippen LogP contribution in [-0.2, 0) is 9.53 Å². The van der Waals surface area contributed by atoms with Crippen LogP contribution in [0.4, 0.5) is 0 Å². The molecule has 3 aliphatic rings. The average Bonchev–Trinajstić information content (AvgIpc) is 2.30. The Morgan fingerprint density at radius 1 is 1.39 bits per heavy atom. The highest BCUT2D eigenvalue weighted by Crippen LogP contribution is 2.66. The van der Waals surface area contributed by atoms with Gasteiger partial charge in [-0.15, -0.1) is 0 Å². The van der Waals surface area contributed by atoms with E-state index < -0.39 is 0 Å². The summed E-state index contributed by atoms with van der Waals surface area (Å²) < 4.78 is 5.80. The highest BCUT2D eigenvalue weighted by Gasteiger charge is 2.63. The molecule has 0 unspecified atom stereocenters. The number of carbonyl (C=O) groups is 1. The van der Waals surface area contributed by atoms with Crippen molar-refractivity contribution in [3.63, 3.8) is 0 Å². The summed E-state index contributed by atoms with van der Waals surface area (Å²) in [6.45, 7) is 14.9. The van der Waals surface area contributed by atoms with Crippen molar-refractivity contribution in [1.82, 2.24) is 0 Å². The summed E-state index contributed by atoms with van der Waals surface area (Å²) in [5.74, 6) is 1.17. The lowest BCUT2D eigenvalue weighted by atomic mass is 9.41. The molecule has 0 spiro atoms. The molecule has 0 amide bonds. The Hall–Kier alpha value is -0.790. The maximum Gasteiger partial charge on any atom is 0.305 e. The normalized spacial score (nSPS) is 40.8. The molecule has 2 bridgehead atoms. The number of ether oxygens (including phenoxy) is 1. The minimum Gasteiger partial charge on any atom is -0.461 e. The SMILES string of the molecule is C=C(C)[C@]1(C)C[C@H]2C[C@@H]([C@@H]1OC(=O)CC)C2(C)C. The Morgan fingerprint density at radius 2 is 2.00 bits per heavy atom. The first kappa shape index (κ1) is 13.6. The first-order chi connectivity index (χ1) is 8.23. The van der Waals surface area contributed by atoms with Gasteiger partial charge in [-0.05, 0) is 31.1 Å². The second kappa shape index (κ2) is 4.11. The average molecular weight is 250 g/mol. The van der Waals surface area contributed by atoms with E-state index in [9.17, 15) is 4.79 Å². The minimum absolute atomic E-state index is 0.0162. The predicted molar refractivity (Wildman–Crippen MR) is 73.1 cm³/mol. The Kier molecular flexibility index (Phi) is 3.11. The van der Waals surface area contributed by atoms with Crippen LogP contribution in [0.1, 0.15) is 53.9 Å². The zero-order chi connectivity index (χ0) is 13.7. The molecule has 0 aromatic carbocycles. The van der Waals surface area contributed by atoms with Gasteiger partial charge in [-0.25, -0.2) is 0 Å². The van der Waals surface area contributed by atoms with E-state index >= 15 is 0 Å². The second-order valence-corrected chi connectivity index (χ2v) is 7.03. The van der Waals surface area contributed by atoms with Crippen molar-refractivity contribution in [1.29, 1.82) is 0 Å². The fraction of sp³-hybridized carbons (Fsp3) is 0.812. The summed E-state index contributed by atoms with van der Waals surface area (Å²) in [6, 6.07) is 0. The van der Waals surface area contributed by atoms with Crippen LogP contribution in [-0.4, -0.2) is 12.1 Å². The van der Waals surface area contributed by atoms with Gasteiger partial charge in [0, 0.05) is 17.8 Å². The molecule has 0 aromatic rings. The van der Waals surface area contributed by atoms with Gasteiger partial charge in [-0.2, -0.15) is 0 Å². The third kappa shape index (κ3) is 1.72. The molecule has 3 saturated carbocycles. The lowest BCUT2D eigenvalue weighted by molar-refractivity contribution is -0.214. The smallest absolute Gasteiger partial charge is 0.305 e. The Bertz CT molecular complexity index is 383. The molecule has 3 aliphatic carbocycles. The van der Waals surface area contributed by atoms with E-state index in [4.69, 9.17) is 4.74 Å². The standard InChI is InChI=1S/C16H26O2/c1-7-13(17)18-14-12-8-11(15(12,4)5)9-16(14,6)10(2)3/h11-12,14H,2,7-9H2,1,3-6H3/t11-,12+,14+,16+/m1/s1. The molecular formula is C16H26O2. The van der Waals surface area contributed by atoms with Crippen molar-refractivity contribution in [2.75, 3.05) is 0 Å². The van der Waals surface area contributed by atoms with Gasteiger partial charge in [0.15, 0.2) is 0 Å². The highest BCUT2D eigenvalue weighted by atomic mass is 16.5. The summed E-state index contributed by atoms with van der Waals surface area (Å²) in [7, 11) is 0. The second-order valence-electron chi connectivity index (χ2n) is 7.03. The third-order valence-electron chi connectivity index (χ3n) is 5.73. The summed E-state index contributed by atoms with van der Waals surface area (Å²) in [4.78, 5) is 11.7. The molecule has 0 radical (unpaired) electrons. The van der Waals surface area contributed by atoms with Crippen molar-refractivity contribution in [3.05, 3.63) is 12.2 Å². The topological polar surface area (TPSA) is 26.3 Å². The van der Waals surface area contributed by atoms with E-state index in [0.29, 0.717) is 17.8 Å². The summed E-state index contributed by atoms with van der Waals surface area (Å²) in [5, 5.41) is 0. The molecule has 0 heterocycles. The van der Waals surface area contributed by atoms with E-state index in [0.717, 1.165) is 17.9 Å². The number of hydrogen-bond acceptors (Lipinski definition) is 2. The van der Waals surface area contributed by atoms with Crippen molar-refractivity contribution in [2.24, 2.45) is 22.7 Å². The van der Waals surface area contributed by atoms with Gasteiger partial charge in [-0.1, -0.05) is 39.8 Å². The van der Waals surface area contributed by atoms with Gasteiger partial charge in [0.2, 0.25) is 0 Å². The molecule has 3 fully saturated rings. The number of rotatable bonds is 3. The fourth-order valence-corrected chi connectivity index (χ4v) is 3.84. The van der Waals surface area contributed by atoms with Gasteiger partial charge < -0.3 is 4.74 Å². The molecule has 0 aliphatic heterocycles. The van der Waals surface area contributed by atoms with Crippen molar-refractivity contribution in [2.45, 2.75) is 60.0 Å². The van der Waals surface area contributed by atoms with E-state index in [2.05, 4.69) is 34.3 Å². The van der Waals surface area contributed by atoms with Crippen LogP contribution in [0.2, 0.25) is 0 Å². The number of hydrogen-bond donors (Lipinski definition) is 0. The zero-order valence-corrected chi connectivity index (χ0v) is 12.4. The lowest BCUT2D eigenvalue weighted by Crippen LogP contribution is -2.63. The van der Waals surface area contributed by atoms with Crippen LogP contribution in [0, 0.1) is 22.7 Å². The maximum absolute atomic E-state index is 11.7. The van der Waals surface area contributed by atoms with Crippen LogP contribution in [0.3, 0.4) is 0 Å². The number of fused-ring (bicyclic) bond motifs is 2. The van der Waals surface area contributed by atoms with Crippen LogP contribution in [0.25, 0.3) is 0 Å². The van der Waals surface area contributed by atoms with E-state index in [-0.39, 0.29) is 17.5 Å². The van der Waals surface area contributed by atoms with Crippen molar-refractivity contribution < 1.29 is 9.53 Å². The molecule has 0 saturated heterocycles. The Morgan fingerprint density at radius 3 is 2.44 bits per heavy atom. The van der Waals surface area contributed by atoms with Crippen LogP contribution in [0.15, 0.2) is 12.2 Å². The van der Waals surface area contributed by atoms with Crippen LogP contribution < -0.4 is 0 Å². The van der Waals surface area contributed by atoms with Crippen LogP contribution in [0.5, 0.6) is 0 Å². The Balaban J connectivity index is 2.28. The fourth-order valence-electron chi connectivity index (χ4n) is 3.84. The largest absolute Gasteiger partial charge is 0.461 e. The third-order valence-corrected chi connectivity index (χ3v) is 5.73. The van der Waals surface area contributed by atoms with Gasteiger partial charge in [0.25, 0.3) is 0 Å². The zero-order valence-electron chi connectivity index (χ0n) is 12.4. The first-order valence-electron chi connectivity index (χ1n) is 7.09. The molecule has 102 valence electrons.